The van der Waals surface area contributed by atoms with E-state index in [0.717, 1.165) is 18.2 Å². The number of hydrogen-bond donors (Lipinski definition) is 1. The summed E-state index contributed by atoms with van der Waals surface area (Å²) < 4.78 is 15.3. The van der Waals surface area contributed by atoms with Gasteiger partial charge in [-0.05, 0) is 29.5 Å². The summed E-state index contributed by atoms with van der Waals surface area (Å²) in [6, 6.07) is 10.5. The molecule has 0 radical (unpaired) electrons. The number of hydrogen-bond acceptors (Lipinski definition) is 6. The Morgan fingerprint density at radius 2 is 1.86 bits per heavy atom. The van der Waals surface area contributed by atoms with Crippen LogP contribution in [0, 0.1) is 33.0 Å². The van der Waals surface area contributed by atoms with E-state index >= 15 is 0 Å². The van der Waals surface area contributed by atoms with E-state index < -0.39 is 21.6 Å². The number of carbonyl (C=O) groups is 1. The third-order valence-corrected chi connectivity index (χ3v) is 4.15. The molecule has 0 saturated carbocycles. The first-order chi connectivity index (χ1) is 13.8. The van der Waals surface area contributed by atoms with Crippen molar-refractivity contribution >= 4 is 23.1 Å². The maximum Gasteiger partial charge on any atom is 0.390 e. The molecule has 1 aromatic heterocycles. The van der Waals surface area contributed by atoms with E-state index in [1.165, 1.54) is 16.8 Å². The summed E-state index contributed by atoms with van der Waals surface area (Å²) in [5.41, 5.74) is 0.490. The minimum Gasteiger partial charge on any atom is -0.358 e. The normalized spacial score (nSPS) is 10.6. The number of aromatic nitrogens is 2. The number of nitro benzene ring substituents is 1. The standard InChI is InChI=1S/C18H14FN5O5/c1-11-8-17(24(28)29)21-22(11)10-12-4-2-3-5-14(12)18(25)20-16-9-13(23(26)27)6-7-15(16)19/h2-9H,10H2,1H3,(H,20,25). The molecule has 0 spiro atoms. The van der Waals surface area contributed by atoms with Gasteiger partial charge >= 0.3 is 5.82 Å². The molecule has 10 nitrogen and oxygen atoms in total. The number of nitro groups is 2. The number of anilines is 1. The van der Waals surface area contributed by atoms with Crippen LogP contribution in [0.1, 0.15) is 21.6 Å². The maximum atomic E-state index is 14.0. The van der Waals surface area contributed by atoms with Gasteiger partial charge in [-0.15, -0.1) is 0 Å². The van der Waals surface area contributed by atoms with Crippen molar-refractivity contribution < 1.29 is 19.0 Å². The second-order valence-corrected chi connectivity index (χ2v) is 6.09. The summed E-state index contributed by atoms with van der Waals surface area (Å²) in [4.78, 5) is 33.1. The van der Waals surface area contributed by atoms with Crippen molar-refractivity contribution in [1.29, 1.82) is 0 Å². The van der Waals surface area contributed by atoms with E-state index in [1.807, 2.05) is 0 Å². The lowest BCUT2D eigenvalue weighted by Crippen LogP contribution is -2.17. The summed E-state index contributed by atoms with van der Waals surface area (Å²) in [7, 11) is 0. The fourth-order valence-electron chi connectivity index (χ4n) is 2.70. The Labute approximate surface area is 162 Å². The molecule has 0 aliphatic heterocycles. The first-order valence-corrected chi connectivity index (χ1v) is 8.28. The van der Waals surface area contributed by atoms with Crippen molar-refractivity contribution in [3.8, 4) is 0 Å². The number of carbonyl (C=O) groups excluding carboxylic acids is 1. The van der Waals surface area contributed by atoms with Gasteiger partial charge in [0.2, 0.25) is 0 Å². The second-order valence-electron chi connectivity index (χ2n) is 6.09. The molecule has 0 aliphatic rings. The van der Waals surface area contributed by atoms with Gasteiger partial charge in [0.25, 0.3) is 11.6 Å². The van der Waals surface area contributed by atoms with E-state index in [-0.39, 0.29) is 29.3 Å². The van der Waals surface area contributed by atoms with Gasteiger partial charge in [0.05, 0.1) is 34.0 Å². The van der Waals surface area contributed by atoms with Crippen molar-refractivity contribution in [2.45, 2.75) is 13.5 Å². The highest BCUT2D eigenvalue weighted by atomic mass is 19.1. The van der Waals surface area contributed by atoms with Crippen LogP contribution in [0.2, 0.25) is 0 Å². The molecule has 0 unspecified atom stereocenters. The summed E-state index contributed by atoms with van der Waals surface area (Å²) in [6.07, 6.45) is 0. The van der Waals surface area contributed by atoms with Gasteiger partial charge < -0.3 is 15.4 Å². The van der Waals surface area contributed by atoms with Gasteiger partial charge in [0.1, 0.15) is 5.82 Å². The van der Waals surface area contributed by atoms with E-state index in [9.17, 15) is 29.4 Å². The number of nitrogens with zero attached hydrogens (tertiary/aromatic N) is 4. The monoisotopic (exact) mass is 399 g/mol. The van der Waals surface area contributed by atoms with Gasteiger partial charge in [0, 0.05) is 17.7 Å². The van der Waals surface area contributed by atoms with Crippen molar-refractivity contribution in [2.75, 3.05) is 5.32 Å². The van der Waals surface area contributed by atoms with Crippen LogP contribution in [0.25, 0.3) is 0 Å². The van der Waals surface area contributed by atoms with Crippen LogP contribution in [-0.4, -0.2) is 25.5 Å². The third-order valence-electron chi connectivity index (χ3n) is 4.15. The Morgan fingerprint density at radius 1 is 1.14 bits per heavy atom. The van der Waals surface area contributed by atoms with Crippen molar-refractivity contribution in [2.24, 2.45) is 0 Å². The molecule has 0 aliphatic carbocycles. The molecular weight excluding hydrogens is 385 g/mol. The Morgan fingerprint density at radius 3 is 2.52 bits per heavy atom. The number of halogens is 1. The fourth-order valence-corrected chi connectivity index (χ4v) is 2.70. The Hall–Kier alpha value is -4.15. The lowest BCUT2D eigenvalue weighted by molar-refractivity contribution is -0.389. The number of aryl methyl sites for hydroxylation is 1. The predicted octanol–water partition coefficient (Wildman–Crippen LogP) is 3.45. The highest BCUT2D eigenvalue weighted by Gasteiger charge is 2.19. The maximum absolute atomic E-state index is 14.0. The van der Waals surface area contributed by atoms with Crippen LogP contribution in [0.15, 0.2) is 48.5 Å². The molecule has 1 amide bonds. The quantitative estimate of drug-likeness (QED) is 0.498. The molecule has 3 aromatic rings. The van der Waals surface area contributed by atoms with Gasteiger partial charge in [-0.3, -0.25) is 14.9 Å². The van der Waals surface area contributed by atoms with E-state index in [1.54, 1.807) is 25.1 Å². The summed E-state index contributed by atoms with van der Waals surface area (Å²) >= 11 is 0. The molecule has 1 N–H and O–H groups in total. The van der Waals surface area contributed by atoms with E-state index in [4.69, 9.17) is 0 Å². The zero-order valence-corrected chi connectivity index (χ0v) is 15.0. The van der Waals surface area contributed by atoms with Crippen LogP contribution in [-0.2, 0) is 6.54 Å². The summed E-state index contributed by atoms with van der Waals surface area (Å²) in [5.74, 6) is -1.82. The van der Waals surface area contributed by atoms with Gasteiger partial charge in [-0.2, -0.15) is 4.68 Å². The highest BCUT2D eigenvalue weighted by Crippen LogP contribution is 2.23. The van der Waals surface area contributed by atoms with E-state index in [2.05, 4.69) is 10.4 Å². The minimum absolute atomic E-state index is 0.0701. The second kappa shape index (κ2) is 7.84. The minimum atomic E-state index is -0.819. The fraction of sp³-hybridized carbons (Fsp3) is 0.111. The molecular formula is C18H14FN5O5. The molecule has 1 heterocycles. The van der Waals surface area contributed by atoms with Crippen molar-refractivity contribution in [3.63, 3.8) is 0 Å². The van der Waals surface area contributed by atoms with Gasteiger partial charge in [-0.1, -0.05) is 18.2 Å². The lowest BCUT2D eigenvalue weighted by atomic mass is 10.1. The van der Waals surface area contributed by atoms with Crippen LogP contribution in [0.5, 0.6) is 0 Å². The van der Waals surface area contributed by atoms with Crippen LogP contribution in [0.3, 0.4) is 0 Å². The first-order valence-electron chi connectivity index (χ1n) is 8.28. The lowest BCUT2D eigenvalue weighted by Gasteiger charge is -2.10. The van der Waals surface area contributed by atoms with Gasteiger partial charge in [-0.25, -0.2) is 4.39 Å². The first kappa shape index (κ1) is 19.6. The zero-order valence-electron chi connectivity index (χ0n) is 15.0. The Kier molecular flexibility index (Phi) is 5.30. The average Bonchev–Trinajstić information content (AvgIpc) is 3.04. The van der Waals surface area contributed by atoms with Crippen molar-refractivity contribution in [3.05, 3.63) is 91.4 Å². The molecule has 2 aromatic carbocycles. The molecule has 148 valence electrons. The molecule has 3 rings (SSSR count). The Bertz CT molecular complexity index is 1130. The molecule has 0 atom stereocenters. The summed E-state index contributed by atoms with van der Waals surface area (Å²) in [6.45, 7) is 1.71. The van der Waals surface area contributed by atoms with Gasteiger partial charge in [0.15, 0.2) is 0 Å². The molecule has 29 heavy (non-hydrogen) atoms. The SMILES string of the molecule is Cc1cc([N+](=O)[O-])nn1Cc1ccccc1C(=O)Nc1cc([N+](=O)[O-])ccc1F. The predicted molar refractivity (Wildman–Crippen MR) is 100 cm³/mol. The van der Waals surface area contributed by atoms with Crippen molar-refractivity contribution in [1.82, 2.24) is 9.78 Å². The number of nitrogens with one attached hydrogen (secondary N) is 1. The zero-order chi connectivity index (χ0) is 21.1. The number of amides is 1. The third kappa shape index (κ3) is 4.24. The van der Waals surface area contributed by atoms with Crippen LogP contribution >= 0.6 is 0 Å². The Balaban J connectivity index is 1.89. The number of rotatable bonds is 6. The summed E-state index contributed by atoms with van der Waals surface area (Å²) in [5, 5.41) is 28.0. The average molecular weight is 399 g/mol. The van der Waals surface area contributed by atoms with Crippen LogP contribution < -0.4 is 5.32 Å². The largest absolute Gasteiger partial charge is 0.390 e. The molecule has 0 bridgehead atoms. The van der Waals surface area contributed by atoms with Crippen LogP contribution in [0.4, 0.5) is 21.6 Å². The smallest absolute Gasteiger partial charge is 0.358 e. The topological polar surface area (TPSA) is 133 Å². The van der Waals surface area contributed by atoms with E-state index in [0.29, 0.717) is 11.3 Å². The molecule has 11 heteroatoms. The molecule has 0 fully saturated rings. The highest BCUT2D eigenvalue weighted by molar-refractivity contribution is 6.05. The molecule has 0 saturated heterocycles. The number of non-ortho nitro benzene ring substituents is 1. The number of benzene rings is 2.